The molecule has 1 aromatic rings. The fourth-order valence-electron chi connectivity index (χ4n) is 2.39. The van der Waals surface area contributed by atoms with Crippen molar-refractivity contribution in [2.24, 2.45) is 0 Å². The van der Waals surface area contributed by atoms with Crippen LogP contribution in [-0.4, -0.2) is 11.4 Å². The number of carbonyl (C=O) groups is 1. The van der Waals surface area contributed by atoms with E-state index in [9.17, 15) is 10.1 Å². The van der Waals surface area contributed by atoms with Gasteiger partial charge in [-0.15, -0.1) is 0 Å². The molecule has 1 aliphatic rings. The van der Waals surface area contributed by atoms with Crippen LogP contribution in [0.3, 0.4) is 0 Å². The molecular formula is C14H17N3O. The third-order valence-electron chi connectivity index (χ3n) is 3.42. The SMILES string of the molecule is N#CC1(NC(=O)c2cccc(N)c2)CCCCC1. The minimum absolute atomic E-state index is 0.217. The van der Waals surface area contributed by atoms with E-state index in [2.05, 4.69) is 11.4 Å². The maximum absolute atomic E-state index is 12.1. The summed E-state index contributed by atoms with van der Waals surface area (Å²) in [7, 11) is 0. The number of amides is 1. The van der Waals surface area contributed by atoms with Crippen LogP contribution >= 0.6 is 0 Å². The largest absolute Gasteiger partial charge is 0.399 e. The quantitative estimate of drug-likeness (QED) is 0.782. The molecule has 0 unspecified atom stereocenters. The van der Waals surface area contributed by atoms with Crippen molar-refractivity contribution in [1.82, 2.24) is 5.32 Å². The molecule has 0 saturated heterocycles. The van der Waals surface area contributed by atoms with Crippen LogP contribution in [0.25, 0.3) is 0 Å². The van der Waals surface area contributed by atoms with Crippen molar-refractivity contribution < 1.29 is 4.79 Å². The van der Waals surface area contributed by atoms with Gasteiger partial charge in [-0.1, -0.05) is 25.3 Å². The third kappa shape index (κ3) is 2.62. The van der Waals surface area contributed by atoms with Gasteiger partial charge in [0.2, 0.25) is 0 Å². The first-order valence-corrected chi connectivity index (χ1v) is 6.24. The van der Waals surface area contributed by atoms with Crippen LogP contribution in [0.5, 0.6) is 0 Å². The molecule has 1 saturated carbocycles. The number of hydrogen-bond acceptors (Lipinski definition) is 3. The average Bonchev–Trinajstić information content (AvgIpc) is 2.40. The lowest BCUT2D eigenvalue weighted by molar-refractivity contribution is 0.0902. The molecule has 4 nitrogen and oxygen atoms in total. The lowest BCUT2D eigenvalue weighted by Crippen LogP contribution is -2.48. The first kappa shape index (κ1) is 12.4. The van der Waals surface area contributed by atoms with Crippen molar-refractivity contribution in [1.29, 1.82) is 5.26 Å². The predicted octanol–water partition coefficient (Wildman–Crippen LogP) is 2.23. The smallest absolute Gasteiger partial charge is 0.252 e. The van der Waals surface area contributed by atoms with Gasteiger partial charge >= 0.3 is 0 Å². The van der Waals surface area contributed by atoms with Crippen molar-refractivity contribution in [3.05, 3.63) is 29.8 Å². The van der Waals surface area contributed by atoms with Crippen LogP contribution in [0.15, 0.2) is 24.3 Å². The number of hydrogen-bond donors (Lipinski definition) is 2. The lowest BCUT2D eigenvalue weighted by atomic mass is 9.82. The Hall–Kier alpha value is -2.02. The zero-order chi connectivity index (χ0) is 13.0. The lowest BCUT2D eigenvalue weighted by Gasteiger charge is -2.31. The number of nitriles is 1. The highest BCUT2D eigenvalue weighted by Gasteiger charge is 2.33. The summed E-state index contributed by atoms with van der Waals surface area (Å²) in [6.45, 7) is 0. The molecule has 0 bridgehead atoms. The second-order valence-electron chi connectivity index (χ2n) is 4.83. The molecule has 18 heavy (non-hydrogen) atoms. The van der Waals surface area contributed by atoms with Gasteiger partial charge in [0.25, 0.3) is 5.91 Å². The van der Waals surface area contributed by atoms with E-state index in [1.807, 2.05) is 0 Å². The summed E-state index contributed by atoms with van der Waals surface area (Å²) in [5.74, 6) is -0.217. The van der Waals surface area contributed by atoms with E-state index in [1.54, 1.807) is 24.3 Å². The van der Waals surface area contributed by atoms with Gasteiger partial charge in [0.1, 0.15) is 5.54 Å². The molecule has 3 N–H and O–H groups in total. The molecule has 4 heteroatoms. The first-order chi connectivity index (χ1) is 8.65. The fraction of sp³-hybridized carbons (Fsp3) is 0.429. The highest BCUT2D eigenvalue weighted by atomic mass is 16.1. The van der Waals surface area contributed by atoms with E-state index in [0.717, 1.165) is 32.1 Å². The number of anilines is 1. The Morgan fingerprint density at radius 3 is 2.67 bits per heavy atom. The van der Waals surface area contributed by atoms with Crippen LogP contribution in [0.2, 0.25) is 0 Å². The zero-order valence-electron chi connectivity index (χ0n) is 10.3. The average molecular weight is 243 g/mol. The normalized spacial score (nSPS) is 17.7. The topological polar surface area (TPSA) is 78.9 Å². The summed E-state index contributed by atoms with van der Waals surface area (Å²) >= 11 is 0. The molecule has 1 fully saturated rings. The molecule has 0 aliphatic heterocycles. The highest BCUT2D eigenvalue weighted by molar-refractivity contribution is 5.95. The summed E-state index contributed by atoms with van der Waals surface area (Å²) in [4.78, 5) is 12.1. The van der Waals surface area contributed by atoms with Crippen LogP contribution in [0.4, 0.5) is 5.69 Å². The summed E-state index contributed by atoms with van der Waals surface area (Å²) in [6, 6.07) is 9.08. The molecule has 0 heterocycles. The Morgan fingerprint density at radius 2 is 2.06 bits per heavy atom. The monoisotopic (exact) mass is 243 g/mol. The predicted molar refractivity (Wildman–Crippen MR) is 69.7 cm³/mol. The fourth-order valence-corrected chi connectivity index (χ4v) is 2.39. The Labute approximate surface area is 107 Å². The summed E-state index contributed by atoms with van der Waals surface area (Å²) in [6.07, 6.45) is 4.59. The Kier molecular flexibility index (Phi) is 3.52. The van der Waals surface area contributed by atoms with Gasteiger partial charge in [0, 0.05) is 11.3 Å². The number of nitrogens with one attached hydrogen (secondary N) is 1. The Morgan fingerprint density at radius 1 is 1.33 bits per heavy atom. The van der Waals surface area contributed by atoms with Gasteiger partial charge in [0.15, 0.2) is 0 Å². The maximum Gasteiger partial charge on any atom is 0.252 e. The van der Waals surface area contributed by atoms with Crippen molar-refractivity contribution in [3.63, 3.8) is 0 Å². The van der Waals surface area contributed by atoms with E-state index in [4.69, 9.17) is 5.73 Å². The van der Waals surface area contributed by atoms with Gasteiger partial charge in [-0.25, -0.2) is 0 Å². The van der Waals surface area contributed by atoms with Crippen LogP contribution in [0, 0.1) is 11.3 Å². The second-order valence-corrected chi connectivity index (χ2v) is 4.83. The highest BCUT2D eigenvalue weighted by Crippen LogP contribution is 2.27. The van der Waals surface area contributed by atoms with E-state index in [0.29, 0.717) is 11.3 Å². The van der Waals surface area contributed by atoms with E-state index in [-0.39, 0.29) is 5.91 Å². The Bertz CT molecular complexity index is 484. The molecule has 1 amide bonds. The van der Waals surface area contributed by atoms with Crippen molar-refractivity contribution in [2.45, 2.75) is 37.6 Å². The third-order valence-corrected chi connectivity index (χ3v) is 3.42. The molecule has 2 rings (SSSR count). The molecule has 0 spiro atoms. The standard InChI is InChI=1S/C14H17N3O/c15-10-14(7-2-1-3-8-14)17-13(18)11-5-4-6-12(16)9-11/h4-6,9H,1-3,7-8,16H2,(H,17,18). The van der Waals surface area contributed by atoms with Crippen molar-refractivity contribution in [3.8, 4) is 6.07 Å². The van der Waals surface area contributed by atoms with Crippen LogP contribution in [0.1, 0.15) is 42.5 Å². The summed E-state index contributed by atoms with van der Waals surface area (Å²) < 4.78 is 0. The maximum atomic E-state index is 12.1. The van der Waals surface area contributed by atoms with Gasteiger partial charge in [-0.2, -0.15) is 5.26 Å². The number of nitrogens with zero attached hydrogens (tertiary/aromatic N) is 1. The number of nitrogens with two attached hydrogens (primary N) is 1. The summed E-state index contributed by atoms with van der Waals surface area (Å²) in [5.41, 5.74) is 6.02. The van der Waals surface area contributed by atoms with Crippen LogP contribution < -0.4 is 11.1 Å². The van der Waals surface area contributed by atoms with Gasteiger partial charge < -0.3 is 11.1 Å². The number of rotatable bonds is 2. The number of benzene rings is 1. The number of nitrogen functional groups attached to an aromatic ring is 1. The van der Waals surface area contributed by atoms with E-state index in [1.165, 1.54) is 0 Å². The molecule has 94 valence electrons. The van der Waals surface area contributed by atoms with Gasteiger partial charge in [-0.05, 0) is 31.0 Å². The molecule has 0 atom stereocenters. The second kappa shape index (κ2) is 5.09. The van der Waals surface area contributed by atoms with Crippen molar-refractivity contribution >= 4 is 11.6 Å². The van der Waals surface area contributed by atoms with Crippen molar-refractivity contribution in [2.75, 3.05) is 5.73 Å². The van der Waals surface area contributed by atoms with E-state index < -0.39 is 5.54 Å². The first-order valence-electron chi connectivity index (χ1n) is 6.24. The van der Waals surface area contributed by atoms with Gasteiger partial charge in [-0.3, -0.25) is 4.79 Å². The van der Waals surface area contributed by atoms with Crippen LogP contribution in [-0.2, 0) is 0 Å². The van der Waals surface area contributed by atoms with Gasteiger partial charge in [0.05, 0.1) is 6.07 Å². The minimum Gasteiger partial charge on any atom is -0.399 e. The molecular weight excluding hydrogens is 226 g/mol. The van der Waals surface area contributed by atoms with E-state index >= 15 is 0 Å². The molecule has 1 aliphatic carbocycles. The molecule has 0 aromatic heterocycles. The zero-order valence-corrected chi connectivity index (χ0v) is 10.3. The number of carbonyl (C=O) groups excluding carboxylic acids is 1. The molecule has 1 aromatic carbocycles. The summed E-state index contributed by atoms with van der Waals surface area (Å²) in [5, 5.41) is 12.2. The molecule has 0 radical (unpaired) electrons. The minimum atomic E-state index is -0.695. The Balaban J connectivity index is 2.13.